The third-order valence-electron chi connectivity index (χ3n) is 2.41. The number of aromatic amines is 1. The van der Waals surface area contributed by atoms with Gasteiger partial charge in [-0.2, -0.15) is 0 Å². The fourth-order valence-corrected chi connectivity index (χ4v) is 2.69. The van der Waals surface area contributed by atoms with Crippen LogP contribution in [0, 0.1) is 0 Å². The van der Waals surface area contributed by atoms with Crippen molar-refractivity contribution in [3.05, 3.63) is 53.6 Å². The van der Waals surface area contributed by atoms with Gasteiger partial charge in [-0.05, 0) is 24.3 Å². The van der Waals surface area contributed by atoms with Gasteiger partial charge in [-0.25, -0.2) is 4.98 Å². The maximum absolute atomic E-state index is 6.11. The van der Waals surface area contributed by atoms with E-state index in [4.69, 9.17) is 11.6 Å². The van der Waals surface area contributed by atoms with Gasteiger partial charge in [0.2, 0.25) is 0 Å². The summed E-state index contributed by atoms with van der Waals surface area (Å²) in [6, 6.07) is 15.7. The highest BCUT2D eigenvalue weighted by Gasteiger charge is 2.06. The standard InChI is InChI=1S/C13H9ClN2S/c14-9-5-1-4-8-12(9)17-13-15-10-6-2-3-7-11(10)16-13/h1-8H,(H,15,16). The molecule has 4 heteroatoms. The van der Waals surface area contributed by atoms with Crippen LogP contribution in [0.25, 0.3) is 11.0 Å². The molecular weight excluding hydrogens is 252 g/mol. The Morgan fingerprint density at radius 3 is 2.59 bits per heavy atom. The van der Waals surface area contributed by atoms with Crippen LogP contribution in [-0.2, 0) is 0 Å². The summed E-state index contributed by atoms with van der Waals surface area (Å²) in [4.78, 5) is 8.77. The van der Waals surface area contributed by atoms with Crippen molar-refractivity contribution in [3.63, 3.8) is 0 Å². The Bertz CT molecular complexity index is 630. The predicted octanol–water partition coefficient (Wildman–Crippen LogP) is 4.37. The number of rotatable bonds is 2. The van der Waals surface area contributed by atoms with Crippen LogP contribution >= 0.6 is 23.4 Å². The van der Waals surface area contributed by atoms with E-state index in [0.717, 1.165) is 26.1 Å². The predicted molar refractivity (Wildman–Crippen MR) is 71.7 cm³/mol. The van der Waals surface area contributed by atoms with Gasteiger partial charge in [0.25, 0.3) is 0 Å². The van der Waals surface area contributed by atoms with Gasteiger partial charge in [0.05, 0.1) is 16.1 Å². The molecule has 1 N–H and O–H groups in total. The van der Waals surface area contributed by atoms with Gasteiger partial charge in [0, 0.05) is 4.90 Å². The molecule has 0 amide bonds. The van der Waals surface area contributed by atoms with Crippen LogP contribution in [0.15, 0.2) is 58.6 Å². The number of para-hydroxylation sites is 2. The molecular formula is C13H9ClN2S. The Balaban J connectivity index is 1.98. The number of nitrogens with zero attached hydrogens (tertiary/aromatic N) is 1. The molecule has 3 aromatic rings. The van der Waals surface area contributed by atoms with Gasteiger partial charge in [-0.1, -0.05) is 47.6 Å². The molecule has 84 valence electrons. The summed E-state index contributed by atoms with van der Waals surface area (Å²) in [5, 5.41) is 1.61. The summed E-state index contributed by atoms with van der Waals surface area (Å²) in [5.41, 5.74) is 2.02. The van der Waals surface area contributed by atoms with Crippen molar-refractivity contribution < 1.29 is 0 Å². The SMILES string of the molecule is Clc1ccccc1Sc1nc2ccccc2[nH]1. The quantitative estimate of drug-likeness (QED) is 0.741. The van der Waals surface area contributed by atoms with Crippen molar-refractivity contribution in [2.45, 2.75) is 10.1 Å². The van der Waals surface area contributed by atoms with Crippen LogP contribution in [0.5, 0.6) is 0 Å². The zero-order valence-electron chi connectivity index (χ0n) is 8.85. The number of aromatic nitrogens is 2. The maximum atomic E-state index is 6.11. The van der Waals surface area contributed by atoms with Gasteiger partial charge < -0.3 is 4.98 Å². The first kappa shape index (κ1) is 10.7. The first-order valence-electron chi connectivity index (χ1n) is 5.20. The van der Waals surface area contributed by atoms with Gasteiger partial charge in [-0.3, -0.25) is 0 Å². The van der Waals surface area contributed by atoms with Crippen LogP contribution in [0.4, 0.5) is 0 Å². The van der Waals surface area contributed by atoms with Gasteiger partial charge in [0.1, 0.15) is 0 Å². The number of fused-ring (bicyclic) bond motifs is 1. The lowest BCUT2D eigenvalue weighted by Gasteiger charge is -1.99. The molecule has 0 bridgehead atoms. The topological polar surface area (TPSA) is 28.7 Å². The Morgan fingerprint density at radius 1 is 1.00 bits per heavy atom. The van der Waals surface area contributed by atoms with E-state index in [-0.39, 0.29) is 0 Å². The van der Waals surface area contributed by atoms with E-state index in [1.165, 1.54) is 0 Å². The van der Waals surface area contributed by atoms with Crippen molar-refractivity contribution in [1.82, 2.24) is 9.97 Å². The van der Waals surface area contributed by atoms with E-state index in [9.17, 15) is 0 Å². The maximum Gasteiger partial charge on any atom is 0.171 e. The Labute approximate surface area is 108 Å². The Hall–Kier alpha value is -1.45. The molecule has 0 aliphatic rings. The minimum absolute atomic E-state index is 0.748. The summed E-state index contributed by atoms with van der Waals surface area (Å²) < 4.78 is 0. The molecule has 1 aromatic heterocycles. The van der Waals surface area contributed by atoms with E-state index in [1.54, 1.807) is 11.8 Å². The zero-order valence-corrected chi connectivity index (χ0v) is 10.4. The lowest BCUT2D eigenvalue weighted by atomic mass is 10.3. The number of benzene rings is 2. The minimum atomic E-state index is 0.748. The molecule has 0 radical (unpaired) electrons. The minimum Gasteiger partial charge on any atom is -0.333 e. The fraction of sp³-hybridized carbons (Fsp3) is 0. The monoisotopic (exact) mass is 260 g/mol. The fourth-order valence-electron chi connectivity index (χ4n) is 1.61. The highest BCUT2D eigenvalue weighted by molar-refractivity contribution is 7.99. The molecule has 3 rings (SSSR count). The second-order valence-electron chi connectivity index (χ2n) is 3.59. The first-order valence-corrected chi connectivity index (χ1v) is 6.39. The molecule has 0 atom stereocenters. The van der Waals surface area contributed by atoms with Gasteiger partial charge >= 0.3 is 0 Å². The van der Waals surface area contributed by atoms with Crippen LogP contribution in [0.1, 0.15) is 0 Å². The summed E-state index contributed by atoms with van der Waals surface area (Å²) in [7, 11) is 0. The normalized spacial score (nSPS) is 10.9. The molecule has 0 aliphatic heterocycles. The highest BCUT2D eigenvalue weighted by atomic mass is 35.5. The summed E-state index contributed by atoms with van der Waals surface area (Å²) in [5.74, 6) is 0. The van der Waals surface area contributed by atoms with Crippen molar-refractivity contribution in [3.8, 4) is 0 Å². The second kappa shape index (κ2) is 4.43. The van der Waals surface area contributed by atoms with Gasteiger partial charge in [-0.15, -0.1) is 0 Å². The van der Waals surface area contributed by atoms with Crippen LogP contribution in [0.3, 0.4) is 0 Å². The highest BCUT2D eigenvalue weighted by Crippen LogP contribution is 2.32. The van der Waals surface area contributed by atoms with Crippen molar-refractivity contribution in [1.29, 1.82) is 0 Å². The Morgan fingerprint density at radius 2 is 1.76 bits per heavy atom. The molecule has 2 nitrogen and oxygen atoms in total. The van der Waals surface area contributed by atoms with E-state index < -0.39 is 0 Å². The number of nitrogens with one attached hydrogen (secondary N) is 1. The summed E-state index contributed by atoms with van der Waals surface area (Å²) in [6.07, 6.45) is 0. The third-order valence-corrected chi connectivity index (χ3v) is 3.82. The molecule has 0 spiro atoms. The van der Waals surface area contributed by atoms with Crippen molar-refractivity contribution >= 4 is 34.4 Å². The summed E-state index contributed by atoms with van der Waals surface area (Å²) in [6.45, 7) is 0. The number of hydrogen-bond acceptors (Lipinski definition) is 2. The van der Waals surface area contributed by atoms with Gasteiger partial charge in [0.15, 0.2) is 5.16 Å². The molecule has 0 saturated carbocycles. The molecule has 17 heavy (non-hydrogen) atoms. The zero-order chi connectivity index (χ0) is 11.7. The lowest BCUT2D eigenvalue weighted by Crippen LogP contribution is -1.76. The lowest BCUT2D eigenvalue weighted by molar-refractivity contribution is 1.08. The largest absolute Gasteiger partial charge is 0.333 e. The number of imidazole rings is 1. The van der Waals surface area contributed by atoms with E-state index in [1.807, 2.05) is 48.5 Å². The van der Waals surface area contributed by atoms with Crippen LogP contribution in [0.2, 0.25) is 5.02 Å². The van der Waals surface area contributed by atoms with E-state index in [0.29, 0.717) is 0 Å². The van der Waals surface area contributed by atoms with Crippen LogP contribution in [-0.4, -0.2) is 9.97 Å². The number of hydrogen-bond donors (Lipinski definition) is 1. The number of halogens is 1. The van der Waals surface area contributed by atoms with Crippen LogP contribution < -0.4 is 0 Å². The number of H-pyrrole nitrogens is 1. The molecule has 0 saturated heterocycles. The molecule has 1 heterocycles. The Kier molecular flexibility index (Phi) is 2.79. The summed E-state index contributed by atoms with van der Waals surface area (Å²) >= 11 is 7.65. The molecule has 0 fully saturated rings. The second-order valence-corrected chi connectivity index (χ2v) is 5.03. The molecule has 0 aliphatic carbocycles. The average molecular weight is 261 g/mol. The molecule has 0 unspecified atom stereocenters. The molecule has 2 aromatic carbocycles. The van der Waals surface area contributed by atoms with Crippen molar-refractivity contribution in [2.75, 3.05) is 0 Å². The van der Waals surface area contributed by atoms with Crippen molar-refractivity contribution in [2.24, 2.45) is 0 Å². The smallest absolute Gasteiger partial charge is 0.171 e. The average Bonchev–Trinajstić information content (AvgIpc) is 2.74. The first-order chi connectivity index (χ1) is 8.33. The third kappa shape index (κ3) is 2.16. The van der Waals surface area contributed by atoms with E-state index in [2.05, 4.69) is 9.97 Å². The van der Waals surface area contributed by atoms with E-state index >= 15 is 0 Å².